The molecule has 18 heavy (non-hydrogen) atoms. The van der Waals surface area contributed by atoms with E-state index < -0.39 is 0 Å². The summed E-state index contributed by atoms with van der Waals surface area (Å²) >= 11 is 0. The van der Waals surface area contributed by atoms with E-state index in [1.165, 1.54) is 43.4 Å². The van der Waals surface area contributed by atoms with Crippen LogP contribution in [0.1, 0.15) is 31.2 Å². The van der Waals surface area contributed by atoms with Gasteiger partial charge in [0.1, 0.15) is 5.82 Å². The van der Waals surface area contributed by atoms with Crippen molar-refractivity contribution in [3.8, 4) is 0 Å². The number of rotatable bonds is 4. The molecule has 0 heterocycles. The molecule has 0 bridgehead atoms. The van der Waals surface area contributed by atoms with Crippen LogP contribution in [-0.2, 0) is 6.42 Å². The van der Waals surface area contributed by atoms with Gasteiger partial charge in [0.25, 0.3) is 0 Å². The first-order valence-corrected chi connectivity index (χ1v) is 7.00. The third-order valence-corrected chi connectivity index (χ3v) is 4.77. The fourth-order valence-electron chi connectivity index (χ4n) is 3.83. The van der Waals surface area contributed by atoms with Crippen molar-refractivity contribution in [2.45, 2.75) is 38.1 Å². The van der Waals surface area contributed by atoms with Gasteiger partial charge in [-0.25, -0.2) is 4.39 Å². The van der Waals surface area contributed by atoms with Crippen LogP contribution in [0.5, 0.6) is 0 Å². The van der Waals surface area contributed by atoms with Gasteiger partial charge in [-0.15, -0.1) is 0 Å². The molecule has 2 aliphatic carbocycles. The Kier molecular flexibility index (Phi) is 3.35. The highest BCUT2D eigenvalue weighted by Gasteiger charge is 2.53. The second kappa shape index (κ2) is 4.98. The van der Waals surface area contributed by atoms with Crippen molar-refractivity contribution >= 4 is 0 Å². The highest BCUT2D eigenvalue weighted by Crippen LogP contribution is 2.57. The predicted molar refractivity (Wildman–Crippen MR) is 70.2 cm³/mol. The summed E-state index contributed by atoms with van der Waals surface area (Å²) in [6, 6.07) is 7.15. The summed E-state index contributed by atoms with van der Waals surface area (Å²) in [4.78, 5) is 0. The van der Waals surface area contributed by atoms with Crippen LogP contribution in [0.25, 0.3) is 0 Å². The molecule has 0 aliphatic heterocycles. The van der Waals surface area contributed by atoms with E-state index in [2.05, 4.69) is 5.43 Å². The lowest BCUT2D eigenvalue weighted by molar-refractivity contribution is 0.437. The molecular formula is C15H21FN2. The minimum Gasteiger partial charge on any atom is -0.271 e. The van der Waals surface area contributed by atoms with Gasteiger partial charge in [-0.05, 0) is 54.7 Å². The predicted octanol–water partition coefficient (Wildman–Crippen LogP) is 2.64. The van der Waals surface area contributed by atoms with E-state index in [-0.39, 0.29) is 5.82 Å². The molecule has 0 aromatic heterocycles. The standard InChI is InChI=1S/C15H21FN2/c16-11-7-5-10(6-8-11)9-14(18-17)15-12-3-1-2-4-13(12)15/h5-8,12-15,18H,1-4,9,17H2. The third kappa shape index (κ3) is 2.29. The number of fused-ring (bicyclic) bond motifs is 1. The molecule has 3 atom stereocenters. The second-order valence-electron chi connectivity index (χ2n) is 5.79. The lowest BCUT2D eigenvalue weighted by Crippen LogP contribution is -2.39. The molecule has 0 spiro atoms. The van der Waals surface area contributed by atoms with Crippen molar-refractivity contribution in [1.82, 2.24) is 5.43 Å². The van der Waals surface area contributed by atoms with E-state index in [0.717, 1.165) is 24.2 Å². The van der Waals surface area contributed by atoms with Crippen molar-refractivity contribution in [2.24, 2.45) is 23.6 Å². The molecule has 1 aromatic carbocycles. The molecule has 1 aromatic rings. The lowest BCUT2D eigenvalue weighted by Gasteiger charge is -2.16. The lowest BCUT2D eigenvalue weighted by atomic mass is 10.0. The van der Waals surface area contributed by atoms with Gasteiger partial charge in [0.05, 0.1) is 0 Å². The minimum atomic E-state index is -0.170. The minimum absolute atomic E-state index is 0.170. The van der Waals surface area contributed by atoms with E-state index >= 15 is 0 Å². The summed E-state index contributed by atoms with van der Waals surface area (Å²) in [6.07, 6.45) is 6.42. The van der Waals surface area contributed by atoms with E-state index in [0.29, 0.717) is 6.04 Å². The zero-order valence-corrected chi connectivity index (χ0v) is 10.6. The first-order chi connectivity index (χ1) is 8.79. The van der Waals surface area contributed by atoms with Gasteiger partial charge in [-0.1, -0.05) is 25.0 Å². The fraction of sp³-hybridized carbons (Fsp3) is 0.600. The average Bonchev–Trinajstić information content (AvgIpc) is 3.12. The maximum atomic E-state index is 12.9. The molecule has 2 fully saturated rings. The van der Waals surface area contributed by atoms with Gasteiger partial charge in [-0.3, -0.25) is 11.3 Å². The summed E-state index contributed by atoms with van der Waals surface area (Å²) < 4.78 is 12.9. The molecule has 2 saturated carbocycles. The highest BCUT2D eigenvalue weighted by molar-refractivity contribution is 5.19. The average molecular weight is 248 g/mol. The number of nitrogens with one attached hydrogen (secondary N) is 1. The first kappa shape index (κ1) is 12.1. The number of nitrogens with two attached hydrogens (primary N) is 1. The Morgan fingerprint density at radius 3 is 2.33 bits per heavy atom. The maximum absolute atomic E-state index is 12.9. The van der Waals surface area contributed by atoms with E-state index in [1.54, 1.807) is 0 Å². The van der Waals surface area contributed by atoms with Gasteiger partial charge < -0.3 is 0 Å². The molecule has 0 amide bonds. The molecule has 2 nitrogen and oxygen atoms in total. The fourth-order valence-corrected chi connectivity index (χ4v) is 3.83. The maximum Gasteiger partial charge on any atom is 0.123 e. The quantitative estimate of drug-likeness (QED) is 0.635. The van der Waals surface area contributed by atoms with Crippen LogP contribution in [-0.4, -0.2) is 6.04 Å². The number of benzene rings is 1. The van der Waals surface area contributed by atoms with Crippen LogP contribution < -0.4 is 11.3 Å². The van der Waals surface area contributed by atoms with Crippen LogP contribution in [0.15, 0.2) is 24.3 Å². The highest BCUT2D eigenvalue weighted by atomic mass is 19.1. The summed E-state index contributed by atoms with van der Waals surface area (Å²) in [5, 5.41) is 0. The SMILES string of the molecule is NNC(Cc1ccc(F)cc1)C1C2CCCCC21. The molecule has 3 N–H and O–H groups in total. The summed E-state index contributed by atoms with van der Waals surface area (Å²) in [5.74, 6) is 8.07. The van der Waals surface area contributed by atoms with Gasteiger partial charge in [0.2, 0.25) is 0 Å². The van der Waals surface area contributed by atoms with Gasteiger partial charge in [0.15, 0.2) is 0 Å². The van der Waals surface area contributed by atoms with E-state index in [9.17, 15) is 4.39 Å². The van der Waals surface area contributed by atoms with Crippen molar-refractivity contribution in [2.75, 3.05) is 0 Å². The van der Waals surface area contributed by atoms with Crippen molar-refractivity contribution in [3.05, 3.63) is 35.6 Å². The van der Waals surface area contributed by atoms with E-state index in [1.807, 2.05) is 12.1 Å². The Hall–Kier alpha value is -0.930. The molecule has 2 aliphatic rings. The molecule has 0 saturated heterocycles. The van der Waals surface area contributed by atoms with E-state index in [4.69, 9.17) is 5.84 Å². The Balaban J connectivity index is 1.65. The second-order valence-corrected chi connectivity index (χ2v) is 5.79. The molecule has 3 unspecified atom stereocenters. The van der Waals surface area contributed by atoms with Crippen LogP contribution >= 0.6 is 0 Å². The number of hydrogen-bond donors (Lipinski definition) is 2. The van der Waals surface area contributed by atoms with Crippen LogP contribution in [0.3, 0.4) is 0 Å². The number of hydrogen-bond acceptors (Lipinski definition) is 2. The van der Waals surface area contributed by atoms with Crippen molar-refractivity contribution < 1.29 is 4.39 Å². The Morgan fingerprint density at radius 1 is 1.17 bits per heavy atom. The smallest absolute Gasteiger partial charge is 0.123 e. The van der Waals surface area contributed by atoms with Crippen molar-refractivity contribution in [3.63, 3.8) is 0 Å². The Bertz CT molecular complexity index is 391. The number of hydrazine groups is 1. The first-order valence-electron chi connectivity index (χ1n) is 7.00. The molecule has 3 rings (SSSR count). The summed E-state index contributed by atoms with van der Waals surface area (Å²) in [6.45, 7) is 0. The summed E-state index contributed by atoms with van der Waals surface area (Å²) in [7, 11) is 0. The monoisotopic (exact) mass is 248 g/mol. The molecular weight excluding hydrogens is 227 g/mol. The molecule has 0 radical (unpaired) electrons. The van der Waals surface area contributed by atoms with Crippen LogP contribution in [0.2, 0.25) is 0 Å². The topological polar surface area (TPSA) is 38.0 Å². The van der Waals surface area contributed by atoms with Gasteiger partial charge in [0, 0.05) is 6.04 Å². The van der Waals surface area contributed by atoms with Crippen molar-refractivity contribution in [1.29, 1.82) is 0 Å². The van der Waals surface area contributed by atoms with Crippen LogP contribution in [0.4, 0.5) is 4.39 Å². The zero-order chi connectivity index (χ0) is 12.5. The largest absolute Gasteiger partial charge is 0.271 e. The van der Waals surface area contributed by atoms with Gasteiger partial charge >= 0.3 is 0 Å². The zero-order valence-electron chi connectivity index (χ0n) is 10.6. The molecule has 3 heteroatoms. The number of halogens is 1. The van der Waals surface area contributed by atoms with Crippen LogP contribution in [0, 0.1) is 23.6 Å². The van der Waals surface area contributed by atoms with Gasteiger partial charge in [-0.2, -0.15) is 0 Å². The normalized spacial score (nSPS) is 31.8. The Morgan fingerprint density at radius 2 is 1.78 bits per heavy atom. The molecule has 98 valence electrons. The third-order valence-electron chi connectivity index (χ3n) is 4.77. The Labute approximate surface area is 108 Å². The summed E-state index contributed by atoms with van der Waals surface area (Å²) in [5.41, 5.74) is 4.16.